The maximum atomic E-state index is 12.7. The molecule has 0 spiro atoms. The van der Waals surface area contributed by atoms with Gasteiger partial charge in [-0.1, -0.05) is 29.8 Å². The number of rotatable bonds is 2. The predicted molar refractivity (Wildman–Crippen MR) is 121 cm³/mol. The smallest absolute Gasteiger partial charge is 0.131 e. The molecule has 2 aliphatic heterocycles. The highest BCUT2D eigenvalue weighted by atomic mass is 32.2. The van der Waals surface area contributed by atoms with Gasteiger partial charge in [0, 0.05) is 60.0 Å². The molecule has 0 amide bonds. The van der Waals surface area contributed by atoms with Gasteiger partial charge in [-0.25, -0.2) is 4.98 Å². The molecule has 3 aromatic rings. The van der Waals surface area contributed by atoms with E-state index in [4.69, 9.17) is 10.7 Å². The van der Waals surface area contributed by atoms with Crippen molar-refractivity contribution in [2.24, 2.45) is 5.73 Å². The molecule has 3 N–H and O–H groups in total. The molecule has 0 saturated carbocycles. The molecule has 3 atom stereocenters. The Kier molecular flexibility index (Phi) is 4.97. The number of nitrogens with zero attached hydrogens (tertiary/aromatic N) is 3. The number of anilines is 2. The molecule has 0 radical (unpaired) electrons. The van der Waals surface area contributed by atoms with Crippen molar-refractivity contribution in [1.29, 1.82) is 0 Å². The van der Waals surface area contributed by atoms with Gasteiger partial charge in [-0.15, -0.1) is 0 Å². The first-order valence-electron chi connectivity index (χ1n) is 10.3. The fraction of sp³-hybridized carbons (Fsp3) is 0.348. The summed E-state index contributed by atoms with van der Waals surface area (Å²) in [6.45, 7) is 4.55. The van der Waals surface area contributed by atoms with Crippen molar-refractivity contribution in [2.75, 3.05) is 35.2 Å². The Morgan fingerprint density at radius 3 is 2.77 bits per heavy atom. The summed E-state index contributed by atoms with van der Waals surface area (Å²) in [4.78, 5) is 10.2. The summed E-state index contributed by atoms with van der Waals surface area (Å²) < 4.78 is 12.7. The van der Waals surface area contributed by atoms with Gasteiger partial charge < -0.3 is 20.6 Å². The molecule has 1 fully saturated rings. The molecule has 1 unspecified atom stereocenters. The normalized spacial score (nSPS) is 24.2. The lowest BCUT2D eigenvalue weighted by molar-refractivity contribution is 0.180. The Morgan fingerprint density at radius 2 is 1.97 bits per heavy atom. The minimum Gasteiger partial charge on any atom is -0.390 e. The van der Waals surface area contributed by atoms with Gasteiger partial charge in [0.15, 0.2) is 0 Å². The average molecular weight is 423 g/mol. The summed E-state index contributed by atoms with van der Waals surface area (Å²) in [6.07, 6.45) is -0.533. The first-order chi connectivity index (χ1) is 14.5. The van der Waals surface area contributed by atoms with E-state index in [0.29, 0.717) is 31.9 Å². The number of hydrogen-bond donors (Lipinski definition) is 2. The molecule has 2 aromatic carbocycles. The molecule has 156 valence electrons. The number of aliphatic hydroxyl groups is 1. The number of benzene rings is 2. The summed E-state index contributed by atoms with van der Waals surface area (Å²) in [7, 11) is -1.00. The van der Waals surface area contributed by atoms with Crippen LogP contribution in [0.2, 0.25) is 0 Å². The zero-order valence-electron chi connectivity index (χ0n) is 17.0. The van der Waals surface area contributed by atoms with Gasteiger partial charge >= 0.3 is 0 Å². The summed E-state index contributed by atoms with van der Waals surface area (Å²) in [5, 5.41) is 11.3. The number of β-amino-alcohol motifs (C(OH)–C–C–N with tert-alkyl or cyclic N) is 1. The van der Waals surface area contributed by atoms with Crippen LogP contribution in [0, 0.1) is 6.92 Å². The van der Waals surface area contributed by atoms with E-state index in [1.165, 1.54) is 5.56 Å². The van der Waals surface area contributed by atoms with E-state index < -0.39 is 16.9 Å². The monoisotopic (exact) mass is 422 g/mol. The SMILES string of the molecule is Cc1ccc2nc(N3CCS(=O)c4ccccc4C3)cc(N3C[C@H](N)[C@@H](O)C3)c2c1. The number of aryl methyl sites for hydroxylation is 1. The van der Waals surface area contributed by atoms with Crippen LogP contribution in [-0.2, 0) is 17.3 Å². The van der Waals surface area contributed by atoms with Crippen LogP contribution in [0.5, 0.6) is 0 Å². The van der Waals surface area contributed by atoms with Crippen molar-refractivity contribution in [3.63, 3.8) is 0 Å². The second-order valence-corrected chi connectivity index (χ2v) is 9.77. The molecule has 2 aliphatic rings. The van der Waals surface area contributed by atoms with Gasteiger partial charge in [0.05, 0.1) is 22.4 Å². The first kappa shape index (κ1) is 19.5. The van der Waals surface area contributed by atoms with E-state index in [1.54, 1.807) is 0 Å². The van der Waals surface area contributed by atoms with E-state index in [1.807, 2.05) is 30.3 Å². The fourth-order valence-corrected chi connectivity index (χ4v) is 5.64. The number of aromatic nitrogens is 1. The van der Waals surface area contributed by atoms with Crippen molar-refractivity contribution < 1.29 is 9.32 Å². The Balaban J connectivity index is 1.60. The highest BCUT2D eigenvalue weighted by molar-refractivity contribution is 7.85. The number of nitrogens with two attached hydrogens (primary N) is 1. The molecular formula is C23H26N4O2S. The molecule has 0 aliphatic carbocycles. The van der Waals surface area contributed by atoms with Crippen molar-refractivity contribution in [3.8, 4) is 0 Å². The molecule has 3 heterocycles. The zero-order chi connectivity index (χ0) is 20.8. The molecule has 1 saturated heterocycles. The van der Waals surface area contributed by atoms with Crippen LogP contribution >= 0.6 is 0 Å². The van der Waals surface area contributed by atoms with Gasteiger partial charge in [-0.3, -0.25) is 4.21 Å². The van der Waals surface area contributed by atoms with Gasteiger partial charge in [-0.2, -0.15) is 0 Å². The maximum Gasteiger partial charge on any atom is 0.131 e. The Bertz CT molecular complexity index is 1130. The van der Waals surface area contributed by atoms with Crippen LogP contribution in [0.15, 0.2) is 53.4 Å². The molecule has 7 heteroatoms. The largest absolute Gasteiger partial charge is 0.390 e. The van der Waals surface area contributed by atoms with Crippen molar-refractivity contribution >= 4 is 33.2 Å². The van der Waals surface area contributed by atoms with Crippen LogP contribution in [-0.4, -0.2) is 51.8 Å². The van der Waals surface area contributed by atoms with Crippen molar-refractivity contribution in [1.82, 2.24) is 4.98 Å². The summed E-state index contributed by atoms with van der Waals surface area (Å²) >= 11 is 0. The van der Waals surface area contributed by atoms with E-state index in [2.05, 4.69) is 34.9 Å². The van der Waals surface area contributed by atoms with Crippen LogP contribution in [0.4, 0.5) is 11.5 Å². The second-order valence-electron chi connectivity index (χ2n) is 8.24. The highest BCUT2D eigenvalue weighted by Crippen LogP contribution is 2.34. The average Bonchev–Trinajstić information content (AvgIpc) is 2.98. The standard InChI is InChI=1S/C23H26N4O2S/c1-15-6-7-19-17(10-15)20(27-13-18(24)21(28)14-27)11-23(25-19)26-8-9-30(29)22-5-3-2-4-16(22)12-26/h2-7,10-11,18,21,28H,8-9,12-14,24H2,1H3/t18-,21-,30?/m0/s1. The molecule has 30 heavy (non-hydrogen) atoms. The van der Waals surface area contributed by atoms with Crippen LogP contribution in [0.1, 0.15) is 11.1 Å². The fourth-order valence-electron chi connectivity index (χ4n) is 4.38. The van der Waals surface area contributed by atoms with Crippen LogP contribution < -0.4 is 15.5 Å². The van der Waals surface area contributed by atoms with Gasteiger partial charge in [0.2, 0.25) is 0 Å². The topological polar surface area (TPSA) is 82.7 Å². The minimum absolute atomic E-state index is 0.256. The quantitative estimate of drug-likeness (QED) is 0.659. The molecular weight excluding hydrogens is 396 g/mol. The van der Waals surface area contributed by atoms with Crippen LogP contribution in [0.3, 0.4) is 0 Å². The van der Waals surface area contributed by atoms with Gasteiger partial charge in [0.1, 0.15) is 5.82 Å². The summed E-state index contributed by atoms with van der Waals surface area (Å²) in [5.74, 6) is 1.44. The lowest BCUT2D eigenvalue weighted by Gasteiger charge is -2.26. The first-order valence-corrected chi connectivity index (χ1v) is 11.6. The lowest BCUT2D eigenvalue weighted by Crippen LogP contribution is -2.32. The predicted octanol–water partition coefficient (Wildman–Crippen LogP) is 2.18. The van der Waals surface area contributed by atoms with Crippen molar-refractivity contribution in [3.05, 3.63) is 59.7 Å². The maximum absolute atomic E-state index is 12.7. The van der Waals surface area contributed by atoms with E-state index >= 15 is 0 Å². The minimum atomic E-state index is -1.00. The zero-order valence-corrected chi connectivity index (χ0v) is 17.8. The van der Waals surface area contributed by atoms with Crippen LogP contribution in [0.25, 0.3) is 10.9 Å². The Labute approximate surface area is 178 Å². The number of hydrogen-bond acceptors (Lipinski definition) is 6. The highest BCUT2D eigenvalue weighted by Gasteiger charge is 2.30. The van der Waals surface area contributed by atoms with E-state index in [9.17, 15) is 9.32 Å². The van der Waals surface area contributed by atoms with E-state index in [-0.39, 0.29) is 6.04 Å². The summed E-state index contributed by atoms with van der Waals surface area (Å²) in [6, 6.07) is 16.1. The van der Waals surface area contributed by atoms with Gasteiger partial charge in [0.25, 0.3) is 0 Å². The van der Waals surface area contributed by atoms with Crippen molar-refractivity contribution in [2.45, 2.75) is 30.5 Å². The molecule has 6 nitrogen and oxygen atoms in total. The molecule has 1 aromatic heterocycles. The Hall–Kier alpha value is -2.48. The van der Waals surface area contributed by atoms with Gasteiger partial charge in [-0.05, 0) is 30.7 Å². The lowest BCUT2D eigenvalue weighted by atomic mass is 10.1. The third kappa shape index (κ3) is 3.47. The second kappa shape index (κ2) is 7.65. The number of fused-ring (bicyclic) bond motifs is 2. The third-order valence-electron chi connectivity index (χ3n) is 6.05. The summed E-state index contributed by atoms with van der Waals surface area (Å²) in [5.41, 5.74) is 10.3. The van der Waals surface area contributed by atoms with E-state index in [0.717, 1.165) is 32.9 Å². The number of aliphatic hydroxyl groups excluding tert-OH is 1. The third-order valence-corrected chi connectivity index (χ3v) is 7.49. The number of pyridine rings is 1. The molecule has 5 rings (SSSR count). The molecule has 0 bridgehead atoms. The Morgan fingerprint density at radius 1 is 1.13 bits per heavy atom.